The van der Waals surface area contributed by atoms with Crippen LogP contribution in [-0.2, 0) is 11.0 Å². The zero-order chi connectivity index (χ0) is 31.6. The Kier molecular flexibility index (Phi) is 8.22. The van der Waals surface area contributed by atoms with Gasteiger partial charge in [0, 0.05) is 23.6 Å². The molecule has 2 atom stereocenters. The summed E-state index contributed by atoms with van der Waals surface area (Å²) < 4.78 is 55.7. The quantitative estimate of drug-likeness (QED) is 0.237. The van der Waals surface area contributed by atoms with Crippen molar-refractivity contribution >= 4 is 23.5 Å². The summed E-state index contributed by atoms with van der Waals surface area (Å²) >= 11 is 0. The van der Waals surface area contributed by atoms with Crippen molar-refractivity contribution in [2.24, 2.45) is 0 Å². The normalized spacial score (nSPS) is 16.2. The standard InChI is InChI=1S/C32H25F4N5O3/c1-3-17-37-29(43)26-25-24(19-13-15-22(33)16-14-19)27(38-28(42)20-9-8-10-21(18-20)32(34,35)36)31(44)40(4-2)30(25)41(39-26)23-11-6-5-7-12-23/h1,5-16,18,24,27H,4,17H2,2H3,(H,37,43)(H,38,42)/t24-,27-/m0/s1. The van der Waals surface area contributed by atoms with Crippen molar-refractivity contribution in [3.63, 3.8) is 0 Å². The molecule has 0 unspecified atom stereocenters. The van der Waals surface area contributed by atoms with Gasteiger partial charge in [0.05, 0.1) is 17.8 Å². The van der Waals surface area contributed by atoms with Gasteiger partial charge in [0.25, 0.3) is 17.7 Å². The minimum atomic E-state index is -4.70. The molecule has 3 amide bonds. The first kappa shape index (κ1) is 30.0. The molecule has 8 nitrogen and oxygen atoms in total. The number of alkyl halides is 3. The van der Waals surface area contributed by atoms with Gasteiger partial charge in [-0.2, -0.15) is 18.3 Å². The number of hydrogen-bond acceptors (Lipinski definition) is 4. The summed E-state index contributed by atoms with van der Waals surface area (Å²) in [6.07, 6.45) is 0.656. The van der Waals surface area contributed by atoms with E-state index in [9.17, 15) is 31.9 Å². The molecule has 0 bridgehead atoms. The average molecular weight is 604 g/mol. The number of halogens is 4. The molecule has 1 aliphatic heterocycles. The number of carbonyl (C=O) groups excluding carboxylic acids is 3. The Morgan fingerprint density at radius 1 is 1.00 bits per heavy atom. The predicted molar refractivity (Wildman–Crippen MR) is 154 cm³/mol. The largest absolute Gasteiger partial charge is 0.416 e. The number of aromatic nitrogens is 2. The number of carbonyl (C=O) groups is 3. The molecule has 2 N–H and O–H groups in total. The van der Waals surface area contributed by atoms with Crippen molar-refractivity contribution < 1.29 is 31.9 Å². The summed E-state index contributed by atoms with van der Waals surface area (Å²) in [4.78, 5) is 42.4. The minimum Gasteiger partial charge on any atom is -0.340 e. The second-order valence-electron chi connectivity index (χ2n) is 9.86. The monoisotopic (exact) mass is 603 g/mol. The molecule has 0 spiro atoms. The number of amides is 3. The third-order valence-electron chi connectivity index (χ3n) is 7.18. The number of terminal acetylenes is 1. The Morgan fingerprint density at radius 3 is 2.34 bits per heavy atom. The van der Waals surface area contributed by atoms with Crippen molar-refractivity contribution in [2.75, 3.05) is 18.0 Å². The number of benzene rings is 3. The predicted octanol–water partition coefficient (Wildman–Crippen LogP) is 4.69. The van der Waals surface area contributed by atoms with Crippen molar-refractivity contribution in [1.82, 2.24) is 20.4 Å². The molecule has 1 aliphatic rings. The first-order chi connectivity index (χ1) is 21.0. The second-order valence-corrected chi connectivity index (χ2v) is 9.86. The van der Waals surface area contributed by atoms with Crippen LogP contribution < -0.4 is 15.5 Å². The van der Waals surface area contributed by atoms with Crippen molar-refractivity contribution in [3.8, 4) is 18.0 Å². The fourth-order valence-electron chi connectivity index (χ4n) is 5.22. The summed E-state index contributed by atoms with van der Waals surface area (Å²) in [7, 11) is 0. The molecule has 3 aromatic carbocycles. The molecule has 0 fully saturated rings. The van der Waals surface area contributed by atoms with Crippen LogP contribution in [-0.4, -0.2) is 46.6 Å². The number of nitrogens with zero attached hydrogens (tertiary/aromatic N) is 3. The summed E-state index contributed by atoms with van der Waals surface area (Å²) in [5.41, 5.74) is -0.348. The Hall–Kier alpha value is -5.44. The molecule has 12 heteroatoms. The van der Waals surface area contributed by atoms with Gasteiger partial charge in [-0.3, -0.25) is 19.3 Å². The first-order valence-corrected chi connectivity index (χ1v) is 13.5. The first-order valence-electron chi connectivity index (χ1n) is 13.5. The second kappa shape index (κ2) is 12.0. The smallest absolute Gasteiger partial charge is 0.340 e. The van der Waals surface area contributed by atoms with Gasteiger partial charge in [0.15, 0.2) is 5.69 Å². The lowest BCUT2D eigenvalue weighted by Gasteiger charge is -2.38. The van der Waals surface area contributed by atoms with E-state index in [-0.39, 0.29) is 35.7 Å². The highest BCUT2D eigenvalue weighted by molar-refractivity contribution is 6.07. The number of likely N-dealkylation sites (N-methyl/N-ethyl adjacent to an activating group) is 1. The summed E-state index contributed by atoms with van der Waals surface area (Å²) in [6, 6.07) is 16.3. The lowest BCUT2D eigenvalue weighted by molar-refractivity contribution is -0.137. The zero-order valence-electron chi connectivity index (χ0n) is 23.2. The molecule has 0 saturated carbocycles. The van der Waals surface area contributed by atoms with Crippen LogP contribution in [0.3, 0.4) is 0 Å². The van der Waals surface area contributed by atoms with E-state index in [1.54, 1.807) is 37.3 Å². The van der Waals surface area contributed by atoms with Gasteiger partial charge in [-0.1, -0.05) is 42.3 Å². The van der Waals surface area contributed by atoms with Gasteiger partial charge >= 0.3 is 6.18 Å². The van der Waals surface area contributed by atoms with Crippen LogP contribution >= 0.6 is 0 Å². The molecule has 0 aliphatic carbocycles. The van der Waals surface area contributed by atoms with E-state index in [0.29, 0.717) is 17.3 Å². The minimum absolute atomic E-state index is 0.0852. The summed E-state index contributed by atoms with van der Waals surface area (Å²) in [6.45, 7) is 1.65. The summed E-state index contributed by atoms with van der Waals surface area (Å²) in [5.74, 6) is -1.32. The van der Waals surface area contributed by atoms with E-state index < -0.39 is 47.2 Å². The maximum Gasteiger partial charge on any atom is 0.416 e. The van der Waals surface area contributed by atoms with Crippen LogP contribution in [0.4, 0.5) is 23.4 Å². The Bertz CT molecular complexity index is 1760. The van der Waals surface area contributed by atoms with E-state index in [0.717, 1.165) is 24.3 Å². The van der Waals surface area contributed by atoms with Crippen LogP contribution in [0.25, 0.3) is 5.69 Å². The number of nitrogens with one attached hydrogen (secondary N) is 2. The van der Waals surface area contributed by atoms with Crippen LogP contribution in [0.15, 0.2) is 78.9 Å². The summed E-state index contributed by atoms with van der Waals surface area (Å²) in [5, 5.41) is 9.76. The Labute approximate surface area is 249 Å². The van der Waals surface area contributed by atoms with Crippen LogP contribution in [0.1, 0.15) is 50.4 Å². The van der Waals surface area contributed by atoms with Crippen LogP contribution in [0.5, 0.6) is 0 Å². The topological polar surface area (TPSA) is 96.3 Å². The molecule has 44 heavy (non-hydrogen) atoms. The maximum atomic E-state index is 14.2. The van der Waals surface area contributed by atoms with E-state index in [2.05, 4.69) is 21.7 Å². The number of anilines is 1. The van der Waals surface area contributed by atoms with Crippen LogP contribution in [0.2, 0.25) is 0 Å². The number of para-hydroxylation sites is 1. The average Bonchev–Trinajstić information content (AvgIpc) is 3.41. The highest BCUT2D eigenvalue weighted by Gasteiger charge is 2.47. The molecular formula is C32H25F4N5O3. The zero-order valence-corrected chi connectivity index (χ0v) is 23.2. The van der Waals surface area contributed by atoms with E-state index in [4.69, 9.17) is 6.42 Å². The van der Waals surface area contributed by atoms with E-state index in [1.807, 2.05) is 0 Å². The van der Waals surface area contributed by atoms with Crippen molar-refractivity contribution in [3.05, 3.63) is 113 Å². The molecule has 4 aromatic rings. The number of fused-ring (bicyclic) bond motifs is 1. The molecular weight excluding hydrogens is 578 g/mol. The Morgan fingerprint density at radius 2 is 1.70 bits per heavy atom. The molecule has 224 valence electrons. The molecule has 2 heterocycles. The van der Waals surface area contributed by atoms with Crippen LogP contribution in [0, 0.1) is 18.2 Å². The van der Waals surface area contributed by atoms with Gasteiger partial charge in [-0.15, -0.1) is 6.42 Å². The van der Waals surface area contributed by atoms with E-state index >= 15 is 0 Å². The van der Waals surface area contributed by atoms with Gasteiger partial charge < -0.3 is 10.6 Å². The molecule has 1 aromatic heterocycles. The third kappa shape index (κ3) is 5.64. The van der Waals surface area contributed by atoms with Crippen molar-refractivity contribution in [2.45, 2.75) is 25.1 Å². The maximum absolute atomic E-state index is 14.2. The lowest BCUT2D eigenvalue weighted by Crippen LogP contribution is -2.55. The van der Waals surface area contributed by atoms with E-state index in [1.165, 1.54) is 27.8 Å². The highest BCUT2D eigenvalue weighted by atomic mass is 19.4. The highest BCUT2D eigenvalue weighted by Crippen LogP contribution is 2.43. The van der Waals surface area contributed by atoms with Gasteiger partial charge in [-0.05, 0) is 55.0 Å². The van der Waals surface area contributed by atoms with Gasteiger partial charge in [-0.25, -0.2) is 9.07 Å². The third-order valence-corrected chi connectivity index (χ3v) is 7.18. The molecule has 0 saturated heterocycles. The SMILES string of the molecule is C#CCNC(=O)c1nn(-c2ccccc2)c2c1[C@H](c1ccc(F)cc1)[C@H](NC(=O)c1cccc(C(F)(F)F)c1)C(=O)N2CC. The number of rotatable bonds is 7. The van der Waals surface area contributed by atoms with Gasteiger partial charge in [0.1, 0.15) is 17.7 Å². The lowest BCUT2D eigenvalue weighted by atomic mass is 9.80. The van der Waals surface area contributed by atoms with Gasteiger partial charge in [0.2, 0.25) is 0 Å². The molecule has 0 radical (unpaired) electrons. The number of hydrogen-bond donors (Lipinski definition) is 2. The van der Waals surface area contributed by atoms with Crippen molar-refractivity contribution in [1.29, 1.82) is 0 Å². The molecule has 5 rings (SSSR count). The Balaban J connectivity index is 1.72. The fraction of sp³-hybridized carbons (Fsp3) is 0.188. The fourth-order valence-corrected chi connectivity index (χ4v) is 5.22.